The Balaban J connectivity index is 1.56. The Labute approximate surface area is 120 Å². The molecule has 20 heavy (non-hydrogen) atoms. The molecule has 0 saturated carbocycles. The summed E-state index contributed by atoms with van der Waals surface area (Å²) < 4.78 is 0. The van der Waals surface area contributed by atoms with E-state index in [0.29, 0.717) is 12.0 Å². The van der Waals surface area contributed by atoms with Crippen LogP contribution < -0.4 is 0 Å². The minimum Gasteiger partial charge on any atom is -0.346 e. The summed E-state index contributed by atoms with van der Waals surface area (Å²) in [5, 5.41) is 0. The molecular formula is C17H21N3. The van der Waals surface area contributed by atoms with Gasteiger partial charge in [-0.1, -0.05) is 30.3 Å². The quantitative estimate of drug-likeness (QED) is 0.907. The van der Waals surface area contributed by atoms with Crippen molar-refractivity contribution in [1.29, 1.82) is 0 Å². The zero-order valence-electron chi connectivity index (χ0n) is 12.0. The van der Waals surface area contributed by atoms with Crippen molar-refractivity contribution in [3.63, 3.8) is 0 Å². The minimum atomic E-state index is 0.671. The third kappa shape index (κ3) is 2.06. The summed E-state index contributed by atoms with van der Waals surface area (Å²) in [5.41, 5.74) is 4.18. The number of fused-ring (bicyclic) bond motifs is 4. The summed E-state index contributed by atoms with van der Waals surface area (Å²) in [4.78, 5) is 10.8. The van der Waals surface area contributed by atoms with E-state index in [9.17, 15) is 0 Å². The van der Waals surface area contributed by atoms with Crippen LogP contribution in [-0.4, -0.2) is 27.5 Å². The Morgan fingerprint density at radius 2 is 2.15 bits per heavy atom. The van der Waals surface area contributed by atoms with Crippen LogP contribution in [0.4, 0.5) is 0 Å². The number of benzene rings is 1. The molecule has 1 aromatic heterocycles. The van der Waals surface area contributed by atoms with E-state index in [2.05, 4.69) is 47.1 Å². The summed E-state index contributed by atoms with van der Waals surface area (Å²) in [6.45, 7) is 4.36. The van der Waals surface area contributed by atoms with Crippen molar-refractivity contribution in [1.82, 2.24) is 14.9 Å². The molecule has 2 bridgehead atoms. The van der Waals surface area contributed by atoms with Crippen molar-refractivity contribution in [3.05, 3.63) is 53.1 Å². The summed E-state index contributed by atoms with van der Waals surface area (Å²) in [6.07, 6.45) is 3.67. The highest BCUT2D eigenvalue weighted by atomic mass is 15.2. The smallest absolute Gasteiger partial charge is 0.103 e. The molecule has 4 rings (SSSR count). The number of aryl methyl sites for hydroxylation is 1. The van der Waals surface area contributed by atoms with E-state index in [1.165, 1.54) is 36.3 Å². The standard InChI is InChI=1S/C17H21N3/c1-12-18-16-10-15-9-14(17(16)19-12)7-8-20(15)11-13-5-3-2-4-6-13/h2-6,14-15H,7-11H2,1H3,(H,18,19)/t14-,15+/m0/s1. The Morgan fingerprint density at radius 1 is 1.30 bits per heavy atom. The molecule has 1 aliphatic heterocycles. The second-order valence-electron chi connectivity index (χ2n) is 6.22. The molecule has 104 valence electrons. The summed E-state index contributed by atoms with van der Waals surface area (Å²) in [7, 11) is 0. The van der Waals surface area contributed by atoms with Gasteiger partial charge in [-0.15, -0.1) is 0 Å². The van der Waals surface area contributed by atoms with Gasteiger partial charge in [0, 0.05) is 30.6 Å². The van der Waals surface area contributed by atoms with Gasteiger partial charge in [0.15, 0.2) is 0 Å². The lowest BCUT2D eigenvalue weighted by molar-refractivity contribution is 0.115. The maximum atomic E-state index is 4.69. The molecule has 1 N–H and O–H groups in total. The number of nitrogens with zero attached hydrogens (tertiary/aromatic N) is 2. The van der Waals surface area contributed by atoms with Crippen LogP contribution in [0.2, 0.25) is 0 Å². The van der Waals surface area contributed by atoms with Crippen LogP contribution in [0.25, 0.3) is 0 Å². The maximum Gasteiger partial charge on any atom is 0.103 e. The average Bonchev–Trinajstić information content (AvgIpc) is 2.84. The lowest BCUT2D eigenvalue weighted by atomic mass is 9.80. The number of aromatic nitrogens is 2. The molecule has 1 aromatic carbocycles. The zero-order chi connectivity index (χ0) is 13.5. The lowest BCUT2D eigenvalue weighted by Crippen LogP contribution is -2.45. The molecule has 0 amide bonds. The van der Waals surface area contributed by atoms with Crippen LogP contribution in [0, 0.1) is 6.92 Å². The Kier molecular flexibility index (Phi) is 2.88. The SMILES string of the molecule is Cc1nc2c([nH]1)[C@H]1CCN(Cc3ccccc3)[C@@H](C2)C1. The van der Waals surface area contributed by atoms with Crippen molar-refractivity contribution in [3.8, 4) is 0 Å². The first-order chi connectivity index (χ1) is 9.79. The van der Waals surface area contributed by atoms with Gasteiger partial charge in [-0.3, -0.25) is 4.90 Å². The molecule has 1 saturated heterocycles. The maximum absolute atomic E-state index is 4.69. The highest BCUT2D eigenvalue weighted by molar-refractivity contribution is 5.26. The third-order valence-electron chi connectivity index (χ3n) is 4.83. The molecule has 1 aliphatic carbocycles. The molecule has 3 nitrogen and oxygen atoms in total. The van der Waals surface area contributed by atoms with Gasteiger partial charge in [-0.05, 0) is 31.9 Å². The van der Waals surface area contributed by atoms with E-state index < -0.39 is 0 Å². The van der Waals surface area contributed by atoms with Crippen LogP contribution in [0.3, 0.4) is 0 Å². The Bertz CT molecular complexity index is 602. The largest absolute Gasteiger partial charge is 0.346 e. The van der Waals surface area contributed by atoms with Gasteiger partial charge in [-0.25, -0.2) is 4.98 Å². The van der Waals surface area contributed by atoms with Gasteiger partial charge in [-0.2, -0.15) is 0 Å². The number of hydrogen-bond donors (Lipinski definition) is 1. The van der Waals surface area contributed by atoms with Gasteiger partial charge >= 0.3 is 0 Å². The van der Waals surface area contributed by atoms with Crippen LogP contribution in [0.5, 0.6) is 0 Å². The van der Waals surface area contributed by atoms with E-state index in [4.69, 9.17) is 4.98 Å². The van der Waals surface area contributed by atoms with E-state index in [1.807, 2.05) is 0 Å². The number of rotatable bonds is 2. The molecular weight excluding hydrogens is 246 g/mol. The van der Waals surface area contributed by atoms with E-state index in [-0.39, 0.29) is 0 Å². The van der Waals surface area contributed by atoms with Crippen molar-refractivity contribution in [2.75, 3.05) is 6.54 Å². The number of likely N-dealkylation sites (tertiary alicyclic amines) is 1. The van der Waals surface area contributed by atoms with Gasteiger partial charge in [0.25, 0.3) is 0 Å². The molecule has 0 radical (unpaired) electrons. The van der Waals surface area contributed by atoms with Crippen molar-refractivity contribution >= 4 is 0 Å². The topological polar surface area (TPSA) is 31.9 Å². The second kappa shape index (κ2) is 4.74. The first kappa shape index (κ1) is 12.2. The normalized spacial score (nSPS) is 25.4. The average molecular weight is 267 g/mol. The van der Waals surface area contributed by atoms with Crippen molar-refractivity contribution in [2.45, 2.75) is 44.7 Å². The predicted molar refractivity (Wildman–Crippen MR) is 79.6 cm³/mol. The molecule has 0 spiro atoms. The fourth-order valence-corrected chi connectivity index (χ4v) is 3.87. The summed E-state index contributed by atoms with van der Waals surface area (Å²) in [6, 6.07) is 11.5. The van der Waals surface area contributed by atoms with Gasteiger partial charge in [0.1, 0.15) is 5.82 Å². The number of aromatic amines is 1. The summed E-state index contributed by atoms with van der Waals surface area (Å²) >= 11 is 0. The molecule has 3 heteroatoms. The first-order valence-corrected chi connectivity index (χ1v) is 7.63. The van der Waals surface area contributed by atoms with Crippen LogP contribution in [0.15, 0.2) is 30.3 Å². The highest BCUT2D eigenvalue weighted by Crippen LogP contribution is 2.39. The molecule has 2 atom stereocenters. The van der Waals surface area contributed by atoms with Crippen LogP contribution >= 0.6 is 0 Å². The molecule has 1 fully saturated rings. The van der Waals surface area contributed by atoms with E-state index >= 15 is 0 Å². The fourth-order valence-electron chi connectivity index (χ4n) is 3.87. The number of piperidine rings is 1. The lowest BCUT2D eigenvalue weighted by Gasteiger charge is -2.42. The van der Waals surface area contributed by atoms with Crippen molar-refractivity contribution in [2.24, 2.45) is 0 Å². The first-order valence-electron chi connectivity index (χ1n) is 7.63. The number of H-pyrrole nitrogens is 1. The van der Waals surface area contributed by atoms with Gasteiger partial charge in [0.2, 0.25) is 0 Å². The predicted octanol–water partition coefficient (Wildman–Crippen LogP) is 3.02. The van der Waals surface area contributed by atoms with Crippen LogP contribution in [-0.2, 0) is 13.0 Å². The monoisotopic (exact) mass is 267 g/mol. The number of imidazole rings is 1. The zero-order valence-corrected chi connectivity index (χ0v) is 12.0. The highest BCUT2D eigenvalue weighted by Gasteiger charge is 2.36. The molecule has 2 aromatic rings. The third-order valence-corrected chi connectivity index (χ3v) is 4.83. The number of nitrogens with one attached hydrogen (secondary N) is 1. The van der Waals surface area contributed by atoms with Gasteiger partial charge in [0.05, 0.1) is 5.69 Å². The molecule has 2 aliphatic rings. The Hall–Kier alpha value is -1.61. The van der Waals surface area contributed by atoms with E-state index in [1.54, 1.807) is 0 Å². The fraction of sp³-hybridized carbons (Fsp3) is 0.471. The Morgan fingerprint density at radius 3 is 3.00 bits per heavy atom. The minimum absolute atomic E-state index is 0.671. The van der Waals surface area contributed by atoms with Crippen molar-refractivity contribution < 1.29 is 0 Å². The number of hydrogen-bond acceptors (Lipinski definition) is 2. The van der Waals surface area contributed by atoms with Crippen LogP contribution in [0.1, 0.15) is 41.5 Å². The summed E-state index contributed by atoms with van der Waals surface area (Å²) in [5.74, 6) is 1.79. The second-order valence-corrected chi connectivity index (χ2v) is 6.22. The van der Waals surface area contributed by atoms with Gasteiger partial charge < -0.3 is 4.98 Å². The molecule has 2 heterocycles. The van der Waals surface area contributed by atoms with E-state index in [0.717, 1.165) is 18.8 Å². The molecule has 0 unspecified atom stereocenters.